The first-order valence-electron chi connectivity index (χ1n) is 6.06. The predicted molar refractivity (Wildman–Crippen MR) is 77.4 cm³/mol. The number of hydrogen-bond acceptors (Lipinski definition) is 3. The molecule has 0 unspecified atom stereocenters. The minimum absolute atomic E-state index is 0.724. The highest BCUT2D eigenvalue weighted by atomic mass is 16.5. The van der Waals surface area contributed by atoms with Crippen LogP contribution in [0.1, 0.15) is 17.0 Å². The minimum Gasteiger partial charge on any atom is -0.493 e. The highest BCUT2D eigenvalue weighted by molar-refractivity contribution is 5.69. The Hall–Kier alpha value is -2.29. The number of benzene rings is 1. The Morgan fingerprint density at radius 2 is 1.74 bits per heavy atom. The average molecular weight is 255 g/mol. The number of methoxy groups -OCH3 is 2. The summed E-state index contributed by atoms with van der Waals surface area (Å²) in [4.78, 5) is 4.42. The van der Waals surface area contributed by atoms with Crippen LogP contribution in [0.2, 0.25) is 0 Å². The summed E-state index contributed by atoms with van der Waals surface area (Å²) in [6, 6.07) is 11.8. The van der Waals surface area contributed by atoms with Crippen molar-refractivity contribution in [3.8, 4) is 11.5 Å². The van der Waals surface area contributed by atoms with Crippen molar-refractivity contribution in [2.24, 2.45) is 0 Å². The number of pyridine rings is 1. The van der Waals surface area contributed by atoms with E-state index in [1.54, 1.807) is 14.2 Å². The molecular formula is C16H17NO2. The fourth-order valence-corrected chi connectivity index (χ4v) is 1.80. The summed E-state index contributed by atoms with van der Waals surface area (Å²) in [7, 11) is 3.26. The van der Waals surface area contributed by atoms with Gasteiger partial charge in [-0.15, -0.1) is 0 Å². The molecule has 1 aromatic carbocycles. The van der Waals surface area contributed by atoms with Gasteiger partial charge in [-0.25, -0.2) is 0 Å². The maximum atomic E-state index is 5.27. The Bertz CT molecular complexity index is 591. The van der Waals surface area contributed by atoms with Crippen LogP contribution in [0, 0.1) is 6.92 Å². The second-order valence-corrected chi connectivity index (χ2v) is 4.15. The summed E-state index contributed by atoms with van der Waals surface area (Å²) in [6.45, 7) is 1.98. The third-order valence-corrected chi connectivity index (χ3v) is 2.76. The molecular weight excluding hydrogens is 238 g/mol. The molecule has 0 bridgehead atoms. The maximum absolute atomic E-state index is 5.27. The lowest BCUT2D eigenvalue weighted by atomic mass is 10.1. The second kappa shape index (κ2) is 6.05. The van der Waals surface area contributed by atoms with Crippen molar-refractivity contribution in [1.29, 1.82) is 0 Å². The minimum atomic E-state index is 0.724. The fraction of sp³-hybridized carbons (Fsp3) is 0.188. The van der Waals surface area contributed by atoms with E-state index in [9.17, 15) is 0 Å². The zero-order chi connectivity index (χ0) is 13.7. The van der Waals surface area contributed by atoms with Crippen LogP contribution in [0.25, 0.3) is 12.2 Å². The molecule has 0 saturated carbocycles. The van der Waals surface area contributed by atoms with Crippen molar-refractivity contribution in [3.63, 3.8) is 0 Å². The Morgan fingerprint density at radius 1 is 0.947 bits per heavy atom. The first-order chi connectivity index (χ1) is 9.22. The van der Waals surface area contributed by atoms with Crippen LogP contribution < -0.4 is 9.47 Å². The van der Waals surface area contributed by atoms with E-state index in [0.717, 1.165) is 28.5 Å². The molecule has 2 rings (SSSR count). The lowest BCUT2D eigenvalue weighted by Gasteiger charge is -2.07. The lowest BCUT2D eigenvalue weighted by molar-refractivity contribution is 0.355. The molecule has 0 aliphatic carbocycles. The number of hydrogen-bond donors (Lipinski definition) is 0. The fourth-order valence-electron chi connectivity index (χ4n) is 1.80. The lowest BCUT2D eigenvalue weighted by Crippen LogP contribution is -1.90. The molecule has 1 aromatic heterocycles. The monoisotopic (exact) mass is 255 g/mol. The second-order valence-electron chi connectivity index (χ2n) is 4.15. The molecule has 3 heteroatoms. The molecule has 98 valence electrons. The number of aromatic nitrogens is 1. The van der Waals surface area contributed by atoms with Gasteiger partial charge in [0, 0.05) is 5.69 Å². The summed E-state index contributed by atoms with van der Waals surface area (Å²) in [6.07, 6.45) is 3.98. The molecule has 0 aliphatic heterocycles. The molecule has 0 fully saturated rings. The predicted octanol–water partition coefficient (Wildman–Crippen LogP) is 3.58. The Morgan fingerprint density at radius 3 is 2.42 bits per heavy atom. The van der Waals surface area contributed by atoms with Crippen LogP contribution >= 0.6 is 0 Å². The molecule has 0 amide bonds. The highest BCUT2D eigenvalue weighted by Gasteiger charge is 2.02. The number of nitrogens with zero attached hydrogens (tertiary/aromatic N) is 1. The molecule has 19 heavy (non-hydrogen) atoms. The van der Waals surface area contributed by atoms with Crippen molar-refractivity contribution in [2.75, 3.05) is 14.2 Å². The normalized spacial score (nSPS) is 10.7. The van der Waals surface area contributed by atoms with Crippen molar-refractivity contribution in [1.82, 2.24) is 4.98 Å². The summed E-state index contributed by atoms with van der Waals surface area (Å²) >= 11 is 0. The van der Waals surface area contributed by atoms with E-state index in [4.69, 9.17) is 9.47 Å². The van der Waals surface area contributed by atoms with E-state index in [2.05, 4.69) is 4.98 Å². The topological polar surface area (TPSA) is 31.4 Å². The van der Waals surface area contributed by atoms with E-state index < -0.39 is 0 Å². The van der Waals surface area contributed by atoms with Crippen molar-refractivity contribution in [3.05, 3.63) is 53.3 Å². The molecule has 0 N–H and O–H groups in total. The van der Waals surface area contributed by atoms with Crippen LogP contribution in [0.4, 0.5) is 0 Å². The molecule has 2 aromatic rings. The number of ether oxygens (including phenoxy) is 2. The largest absolute Gasteiger partial charge is 0.493 e. The number of rotatable bonds is 4. The Labute approximate surface area is 113 Å². The van der Waals surface area contributed by atoms with Gasteiger partial charge in [-0.2, -0.15) is 0 Å². The van der Waals surface area contributed by atoms with Gasteiger partial charge in [0.15, 0.2) is 11.5 Å². The summed E-state index contributed by atoms with van der Waals surface area (Å²) in [5.41, 5.74) is 2.99. The molecule has 0 aliphatic rings. The van der Waals surface area contributed by atoms with Crippen molar-refractivity contribution in [2.45, 2.75) is 6.92 Å². The summed E-state index contributed by atoms with van der Waals surface area (Å²) in [5.74, 6) is 1.45. The quantitative estimate of drug-likeness (QED) is 0.836. The smallest absolute Gasteiger partial charge is 0.161 e. The average Bonchev–Trinajstić information content (AvgIpc) is 2.45. The van der Waals surface area contributed by atoms with Gasteiger partial charge in [-0.3, -0.25) is 4.98 Å². The zero-order valence-electron chi connectivity index (χ0n) is 11.4. The standard InChI is InChI=1S/C16H17NO2/c1-12-5-4-6-14(17-12)9-7-13-8-10-15(18-2)16(11-13)19-3/h4-11H,1-3H3. The highest BCUT2D eigenvalue weighted by Crippen LogP contribution is 2.28. The molecule has 3 nitrogen and oxygen atoms in total. The third kappa shape index (κ3) is 3.35. The first kappa shape index (κ1) is 13.1. The van der Waals surface area contributed by atoms with E-state index in [1.807, 2.05) is 55.5 Å². The molecule has 0 radical (unpaired) electrons. The van der Waals surface area contributed by atoms with Crippen LogP contribution in [-0.2, 0) is 0 Å². The molecule has 1 heterocycles. The SMILES string of the molecule is COc1ccc(C=Cc2cccc(C)n2)cc1OC. The van der Waals surface area contributed by atoms with Crippen LogP contribution in [0.15, 0.2) is 36.4 Å². The molecule has 0 saturated heterocycles. The van der Waals surface area contributed by atoms with Gasteiger partial charge < -0.3 is 9.47 Å². The zero-order valence-corrected chi connectivity index (χ0v) is 11.4. The van der Waals surface area contributed by atoms with E-state index in [1.165, 1.54) is 0 Å². The molecule has 0 atom stereocenters. The van der Waals surface area contributed by atoms with Crippen LogP contribution in [0.5, 0.6) is 11.5 Å². The van der Waals surface area contributed by atoms with E-state index in [-0.39, 0.29) is 0 Å². The van der Waals surface area contributed by atoms with Crippen molar-refractivity contribution >= 4 is 12.2 Å². The third-order valence-electron chi connectivity index (χ3n) is 2.76. The van der Waals surface area contributed by atoms with Gasteiger partial charge in [-0.1, -0.05) is 18.2 Å². The maximum Gasteiger partial charge on any atom is 0.161 e. The Balaban J connectivity index is 2.23. The van der Waals surface area contributed by atoms with Gasteiger partial charge in [-0.05, 0) is 42.8 Å². The molecule has 0 spiro atoms. The van der Waals surface area contributed by atoms with Crippen LogP contribution in [0.3, 0.4) is 0 Å². The van der Waals surface area contributed by atoms with Gasteiger partial charge in [0.25, 0.3) is 0 Å². The van der Waals surface area contributed by atoms with Crippen molar-refractivity contribution < 1.29 is 9.47 Å². The van der Waals surface area contributed by atoms with Gasteiger partial charge in [0.2, 0.25) is 0 Å². The Kier molecular flexibility index (Phi) is 4.18. The summed E-state index contributed by atoms with van der Waals surface area (Å²) < 4.78 is 10.5. The van der Waals surface area contributed by atoms with Gasteiger partial charge >= 0.3 is 0 Å². The number of aryl methyl sites for hydroxylation is 1. The van der Waals surface area contributed by atoms with E-state index >= 15 is 0 Å². The van der Waals surface area contributed by atoms with E-state index in [0.29, 0.717) is 0 Å². The summed E-state index contributed by atoms with van der Waals surface area (Å²) in [5, 5.41) is 0. The first-order valence-corrected chi connectivity index (χ1v) is 6.06. The van der Waals surface area contributed by atoms with Crippen LogP contribution in [-0.4, -0.2) is 19.2 Å². The van der Waals surface area contributed by atoms with Gasteiger partial charge in [0.1, 0.15) is 0 Å². The van der Waals surface area contributed by atoms with Gasteiger partial charge in [0.05, 0.1) is 19.9 Å².